The van der Waals surface area contributed by atoms with E-state index in [9.17, 15) is 4.79 Å². The number of carbonyl (C=O) groups excluding carboxylic acids is 1. The Balaban J connectivity index is 1.97. The highest BCUT2D eigenvalue weighted by Gasteiger charge is 2.13. The molecule has 0 aliphatic carbocycles. The zero-order valence-electron chi connectivity index (χ0n) is 13.3. The van der Waals surface area contributed by atoms with Crippen LogP contribution in [0.15, 0.2) is 36.5 Å². The maximum Gasteiger partial charge on any atom is 0.244 e. The summed E-state index contributed by atoms with van der Waals surface area (Å²) in [7, 11) is 3.51. The number of nitrogens with zero attached hydrogens (tertiary/aromatic N) is 2. The minimum Gasteiger partial charge on any atom is -0.497 e. The third-order valence-corrected chi connectivity index (χ3v) is 3.64. The number of ether oxygens (including phenoxy) is 1. The number of hydrogen-bond acceptors (Lipinski definition) is 3. The fraction of sp³-hybridized carbons (Fsp3) is 0.294. The molecule has 1 atom stereocenters. The van der Waals surface area contributed by atoms with Crippen LogP contribution in [0.5, 0.6) is 5.75 Å². The van der Waals surface area contributed by atoms with Crippen molar-refractivity contribution in [1.82, 2.24) is 15.1 Å². The highest BCUT2D eigenvalue weighted by molar-refractivity contribution is 5.92. The average Bonchev–Trinajstić information content (AvgIpc) is 2.85. The molecule has 0 fully saturated rings. The molecule has 2 rings (SSSR count). The molecule has 1 aromatic heterocycles. The van der Waals surface area contributed by atoms with Gasteiger partial charge in [-0.3, -0.25) is 9.48 Å². The van der Waals surface area contributed by atoms with Crippen LogP contribution in [0.4, 0.5) is 0 Å². The van der Waals surface area contributed by atoms with E-state index in [1.54, 1.807) is 24.1 Å². The van der Waals surface area contributed by atoms with Crippen LogP contribution in [0, 0.1) is 6.92 Å². The van der Waals surface area contributed by atoms with Gasteiger partial charge in [-0.25, -0.2) is 0 Å². The van der Waals surface area contributed by atoms with E-state index >= 15 is 0 Å². The summed E-state index contributed by atoms with van der Waals surface area (Å²) in [6, 6.07) is 7.44. The number of carbonyl (C=O) groups is 1. The number of benzene rings is 1. The molecular formula is C17H21N3O2. The average molecular weight is 299 g/mol. The lowest BCUT2D eigenvalue weighted by Gasteiger charge is -2.12. The van der Waals surface area contributed by atoms with Crippen LogP contribution >= 0.6 is 0 Å². The highest BCUT2D eigenvalue weighted by atomic mass is 16.5. The number of aryl methyl sites for hydroxylation is 1. The lowest BCUT2D eigenvalue weighted by Crippen LogP contribution is -2.24. The van der Waals surface area contributed by atoms with Crippen molar-refractivity contribution in [3.8, 4) is 5.75 Å². The molecule has 1 unspecified atom stereocenters. The van der Waals surface area contributed by atoms with Crippen molar-refractivity contribution in [2.24, 2.45) is 7.05 Å². The Bertz CT molecular complexity index is 672. The van der Waals surface area contributed by atoms with E-state index in [0.717, 1.165) is 22.6 Å². The predicted octanol–water partition coefficient (Wildman–Crippen LogP) is 2.63. The molecule has 0 bridgehead atoms. The summed E-state index contributed by atoms with van der Waals surface area (Å²) < 4.78 is 6.90. The van der Waals surface area contributed by atoms with Gasteiger partial charge in [0.15, 0.2) is 0 Å². The first-order valence-electron chi connectivity index (χ1n) is 7.12. The lowest BCUT2D eigenvalue weighted by molar-refractivity contribution is -0.117. The molecule has 0 saturated carbocycles. The number of methoxy groups -OCH3 is 1. The van der Waals surface area contributed by atoms with Crippen molar-refractivity contribution in [1.29, 1.82) is 0 Å². The molecular weight excluding hydrogens is 278 g/mol. The molecule has 0 aliphatic rings. The van der Waals surface area contributed by atoms with E-state index in [2.05, 4.69) is 10.4 Å². The number of rotatable bonds is 5. The third kappa shape index (κ3) is 3.75. The quantitative estimate of drug-likeness (QED) is 0.864. The summed E-state index contributed by atoms with van der Waals surface area (Å²) in [5, 5.41) is 7.13. The SMILES string of the molecule is COc1ccc(/C=C/C(=O)NC(C)c2cnn(C)c2C)cc1. The summed E-state index contributed by atoms with van der Waals surface area (Å²) in [5.41, 5.74) is 3.02. The molecule has 0 saturated heterocycles. The van der Waals surface area contributed by atoms with Gasteiger partial charge in [0, 0.05) is 24.4 Å². The number of aromatic nitrogens is 2. The minimum atomic E-state index is -0.133. The second-order valence-electron chi connectivity index (χ2n) is 5.15. The summed E-state index contributed by atoms with van der Waals surface area (Å²) in [6.07, 6.45) is 5.09. The number of nitrogens with one attached hydrogen (secondary N) is 1. The molecule has 1 amide bonds. The Hall–Kier alpha value is -2.56. The van der Waals surface area contributed by atoms with E-state index < -0.39 is 0 Å². The third-order valence-electron chi connectivity index (χ3n) is 3.64. The molecule has 116 valence electrons. The zero-order chi connectivity index (χ0) is 16.1. The maximum atomic E-state index is 12.0. The van der Waals surface area contributed by atoms with Crippen LogP contribution in [0.25, 0.3) is 6.08 Å². The summed E-state index contributed by atoms with van der Waals surface area (Å²) in [5.74, 6) is 0.661. The molecule has 1 aromatic carbocycles. The summed E-state index contributed by atoms with van der Waals surface area (Å²) in [4.78, 5) is 12.0. The van der Waals surface area contributed by atoms with Crippen LogP contribution in [-0.4, -0.2) is 22.8 Å². The molecule has 1 heterocycles. The van der Waals surface area contributed by atoms with Crippen LogP contribution in [-0.2, 0) is 11.8 Å². The van der Waals surface area contributed by atoms with Gasteiger partial charge in [-0.2, -0.15) is 5.10 Å². The van der Waals surface area contributed by atoms with Gasteiger partial charge in [0.1, 0.15) is 5.75 Å². The molecule has 2 aromatic rings. The van der Waals surface area contributed by atoms with E-state index in [0.29, 0.717) is 0 Å². The number of hydrogen-bond donors (Lipinski definition) is 1. The lowest BCUT2D eigenvalue weighted by atomic mass is 10.1. The minimum absolute atomic E-state index is 0.0817. The Morgan fingerprint density at radius 2 is 2.05 bits per heavy atom. The van der Waals surface area contributed by atoms with Gasteiger partial charge in [-0.15, -0.1) is 0 Å². The van der Waals surface area contributed by atoms with Crippen molar-refractivity contribution in [2.75, 3.05) is 7.11 Å². The van der Waals surface area contributed by atoms with Gasteiger partial charge in [0.25, 0.3) is 0 Å². The number of amides is 1. The molecule has 0 spiro atoms. The van der Waals surface area contributed by atoms with Crippen molar-refractivity contribution < 1.29 is 9.53 Å². The highest BCUT2D eigenvalue weighted by Crippen LogP contribution is 2.16. The van der Waals surface area contributed by atoms with Gasteiger partial charge >= 0.3 is 0 Å². The second kappa shape index (κ2) is 6.93. The Morgan fingerprint density at radius 3 is 2.59 bits per heavy atom. The monoisotopic (exact) mass is 299 g/mol. The summed E-state index contributed by atoms with van der Waals surface area (Å²) in [6.45, 7) is 3.93. The first kappa shape index (κ1) is 15.8. The van der Waals surface area contributed by atoms with E-state index in [4.69, 9.17) is 4.74 Å². The van der Waals surface area contributed by atoms with Crippen LogP contribution < -0.4 is 10.1 Å². The van der Waals surface area contributed by atoms with Crippen molar-refractivity contribution in [3.05, 3.63) is 53.4 Å². The Morgan fingerprint density at radius 1 is 1.36 bits per heavy atom. The molecule has 5 heteroatoms. The standard InChI is InChI=1S/C17H21N3O2/c1-12(16-11-18-20(3)13(16)2)19-17(21)10-7-14-5-8-15(22-4)9-6-14/h5-12H,1-4H3,(H,19,21)/b10-7+. The summed E-state index contributed by atoms with van der Waals surface area (Å²) >= 11 is 0. The molecule has 22 heavy (non-hydrogen) atoms. The maximum absolute atomic E-state index is 12.0. The van der Waals surface area contributed by atoms with Gasteiger partial charge in [-0.1, -0.05) is 12.1 Å². The molecule has 5 nitrogen and oxygen atoms in total. The fourth-order valence-electron chi connectivity index (χ4n) is 2.17. The van der Waals surface area contributed by atoms with Gasteiger partial charge in [0.05, 0.1) is 19.3 Å². The van der Waals surface area contributed by atoms with Crippen molar-refractivity contribution in [3.63, 3.8) is 0 Å². The largest absolute Gasteiger partial charge is 0.497 e. The van der Waals surface area contributed by atoms with Crippen LogP contribution in [0.3, 0.4) is 0 Å². The van der Waals surface area contributed by atoms with Crippen LogP contribution in [0.2, 0.25) is 0 Å². The van der Waals surface area contributed by atoms with Gasteiger partial charge in [0.2, 0.25) is 5.91 Å². The first-order valence-corrected chi connectivity index (χ1v) is 7.12. The smallest absolute Gasteiger partial charge is 0.244 e. The zero-order valence-corrected chi connectivity index (χ0v) is 13.3. The van der Waals surface area contributed by atoms with E-state index in [1.807, 2.05) is 45.2 Å². The first-order chi connectivity index (χ1) is 10.5. The van der Waals surface area contributed by atoms with Gasteiger partial charge in [-0.05, 0) is 37.6 Å². The Kier molecular flexibility index (Phi) is 4.99. The van der Waals surface area contributed by atoms with Gasteiger partial charge < -0.3 is 10.1 Å². The van der Waals surface area contributed by atoms with Crippen molar-refractivity contribution >= 4 is 12.0 Å². The van der Waals surface area contributed by atoms with Crippen molar-refractivity contribution in [2.45, 2.75) is 19.9 Å². The fourth-order valence-corrected chi connectivity index (χ4v) is 2.17. The molecule has 1 N–H and O–H groups in total. The molecule has 0 aliphatic heterocycles. The molecule has 0 radical (unpaired) electrons. The Labute approximate surface area is 130 Å². The topological polar surface area (TPSA) is 56.1 Å². The van der Waals surface area contributed by atoms with E-state index in [1.165, 1.54) is 6.08 Å². The second-order valence-corrected chi connectivity index (χ2v) is 5.15. The predicted molar refractivity (Wildman–Crippen MR) is 86.5 cm³/mol. The van der Waals surface area contributed by atoms with Crippen LogP contribution in [0.1, 0.15) is 29.8 Å². The normalized spacial score (nSPS) is 12.4. The van der Waals surface area contributed by atoms with E-state index in [-0.39, 0.29) is 11.9 Å².